The summed E-state index contributed by atoms with van der Waals surface area (Å²) in [5.41, 5.74) is 18.2. The summed E-state index contributed by atoms with van der Waals surface area (Å²) >= 11 is 0. The average Bonchev–Trinajstić information content (AvgIpc) is 2.85. The highest BCUT2D eigenvalue weighted by atomic mass is 16.7. The molecule has 3 fully saturated rings. The van der Waals surface area contributed by atoms with Crippen molar-refractivity contribution >= 4 is 0 Å². The van der Waals surface area contributed by atoms with E-state index < -0.39 is 105 Å². The van der Waals surface area contributed by atoms with Gasteiger partial charge in [-0.3, -0.25) is 0 Å². The second-order valence-corrected chi connectivity index (χ2v) is 9.00. The molecule has 15 unspecified atom stereocenters. The summed E-state index contributed by atoms with van der Waals surface area (Å²) in [6.07, 6.45) is -13.0. The van der Waals surface area contributed by atoms with Gasteiger partial charge in [0.2, 0.25) is 0 Å². The highest BCUT2D eigenvalue weighted by Crippen LogP contribution is 2.31. The van der Waals surface area contributed by atoms with Crippen LogP contribution in [0.4, 0.5) is 0 Å². The van der Waals surface area contributed by atoms with E-state index in [1.165, 1.54) is 14.2 Å². The zero-order chi connectivity index (χ0) is 26.0. The van der Waals surface area contributed by atoms with E-state index in [2.05, 4.69) is 0 Å². The summed E-state index contributed by atoms with van der Waals surface area (Å²) in [5.74, 6) is 0. The third kappa shape index (κ3) is 5.79. The molecule has 0 saturated carbocycles. The first-order chi connectivity index (χ1) is 16.6. The van der Waals surface area contributed by atoms with Crippen LogP contribution in [-0.4, -0.2) is 145 Å². The first kappa shape index (κ1) is 29.0. The number of methoxy groups -OCH3 is 2. The van der Waals surface area contributed by atoms with E-state index in [1.54, 1.807) is 6.92 Å². The Bertz CT molecular complexity index is 663. The molecule has 0 aromatic rings. The van der Waals surface area contributed by atoms with Crippen LogP contribution >= 0.6 is 0 Å². The first-order valence-corrected chi connectivity index (χ1v) is 11.4. The fourth-order valence-corrected chi connectivity index (χ4v) is 4.63. The van der Waals surface area contributed by atoms with Crippen LogP contribution in [0, 0.1) is 0 Å². The van der Waals surface area contributed by atoms with Crippen LogP contribution in [0.1, 0.15) is 6.92 Å². The lowest BCUT2D eigenvalue weighted by Crippen LogP contribution is -2.68. The lowest BCUT2D eigenvalue weighted by molar-refractivity contribution is -0.345. The average molecular weight is 514 g/mol. The monoisotopic (exact) mass is 513 g/mol. The number of aliphatic hydroxyl groups excluding tert-OH is 5. The first-order valence-electron chi connectivity index (χ1n) is 11.4. The largest absolute Gasteiger partial charge is 0.394 e. The normalized spacial score (nSPS) is 51.3. The molecule has 3 rings (SSSR count). The van der Waals surface area contributed by atoms with Crippen molar-refractivity contribution in [2.75, 3.05) is 27.4 Å². The van der Waals surface area contributed by atoms with Crippen molar-refractivity contribution in [3.05, 3.63) is 0 Å². The van der Waals surface area contributed by atoms with Crippen LogP contribution in [0.15, 0.2) is 0 Å². The van der Waals surface area contributed by atoms with Crippen LogP contribution in [0.5, 0.6) is 0 Å². The Balaban J connectivity index is 1.68. The molecule has 15 atom stereocenters. The van der Waals surface area contributed by atoms with E-state index in [-0.39, 0.29) is 0 Å². The van der Waals surface area contributed by atoms with Gasteiger partial charge in [-0.15, -0.1) is 0 Å². The lowest BCUT2D eigenvalue weighted by atomic mass is 9.95. The second-order valence-electron chi connectivity index (χ2n) is 9.00. The summed E-state index contributed by atoms with van der Waals surface area (Å²) in [7, 11) is 2.70. The number of nitrogens with two attached hydrogens (primary N) is 3. The molecule has 3 aliphatic rings. The minimum absolute atomic E-state index is 0.458. The molecule has 0 aliphatic carbocycles. The fraction of sp³-hybridized carbons (Fsp3) is 1.00. The molecule has 3 heterocycles. The van der Waals surface area contributed by atoms with Crippen molar-refractivity contribution in [1.29, 1.82) is 0 Å². The van der Waals surface area contributed by atoms with Gasteiger partial charge in [0.25, 0.3) is 0 Å². The fourth-order valence-electron chi connectivity index (χ4n) is 4.63. The van der Waals surface area contributed by atoms with Crippen molar-refractivity contribution in [2.45, 2.75) is 98.9 Å². The Hall–Kier alpha value is -0.600. The third-order valence-electron chi connectivity index (χ3n) is 6.74. The van der Waals surface area contributed by atoms with Crippen molar-refractivity contribution in [3.63, 3.8) is 0 Å². The predicted molar refractivity (Wildman–Crippen MR) is 115 cm³/mol. The lowest BCUT2D eigenvalue weighted by Gasteiger charge is -2.48. The van der Waals surface area contributed by atoms with Gasteiger partial charge >= 0.3 is 0 Å². The van der Waals surface area contributed by atoms with Gasteiger partial charge in [-0.1, -0.05) is 0 Å². The molecule has 3 saturated heterocycles. The number of rotatable bonds is 8. The number of hydrogen-bond acceptors (Lipinski definition) is 15. The van der Waals surface area contributed by atoms with Crippen LogP contribution in [0.3, 0.4) is 0 Å². The van der Waals surface area contributed by atoms with Crippen molar-refractivity contribution < 1.29 is 58.7 Å². The molecular weight excluding hydrogens is 474 g/mol. The Morgan fingerprint density at radius 2 is 1.06 bits per heavy atom. The Kier molecular flexibility index (Phi) is 10.2. The SMILES string of the molecule is COC1OC(CO)C(OC2OC(C)C(OC3OC(CO)C(OC)C(O)C3N)C(O)C2N)C(O)C1N. The second kappa shape index (κ2) is 12.3. The number of aliphatic hydroxyl groups is 5. The smallest absolute Gasteiger partial charge is 0.176 e. The number of ether oxygens (including phenoxy) is 7. The minimum atomic E-state index is -1.35. The molecule has 15 heteroatoms. The Labute approximate surface area is 202 Å². The summed E-state index contributed by atoms with van der Waals surface area (Å²) in [6.45, 7) is 0.626. The van der Waals surface area contributed by atoms with E-state index in [0.29, 0.717) is 0 Å². The van der Waals surface area contributed by atoms with E-state index >= 15 is 0 Å². The maximum Gasteiger partial charge on any atom is 0.176 e. The topological polar surface area (TPSA) is 244 Å². The van der Waals surface area contributed by atoms with Gasteiger partial charge in [0.05, 0.1) is 37.4 Å². The molecule has 35 heavy (non-hydrogen) atoms. The van der Waals surface area contributed by atoms with E-state index in [0.717, 1.165) is 0 Å². The molecule has 15 nitrogen and oxygen atoms in total. The van der Waals surface area contributed by atoms with E-state index in [4.69, 9.17) is 50.4 Å². The molecule has 206 valence electrons. The molecule has 0 amide bonds. The number of hydrogen-bond donors (Lipinski definition) is 8. The molecule has 3 aliphatic heterocycles. The highest BCUT2D eigenvalue weighted by molar-refractivity contribution is 4.98. The van der Waals surface area contributed by atoms with Crippen molar-refractivity contribution in [2.24, 2.45) is 17.2 Å². The minimum Gasteiger partial charge on any atom is -0.394 e. The Morgan fingerprint density at radius 3 is 1.60 bits per heavy atom. The van der Waals surface area contributed by atoms with Crippen LogP contribution in [0.25, 0.3) is 0 Å². The molecule has 0 aromatic heterocycles. The van der Waals surface area contributed by atoms with Gasteiger partial charge in [0.15, 0.2) is 18.9 Å². The molecule has 0 bridgehead atoms. The van der Waals surface area contributed by atoms with E-state index in [9.17, 15) is 25.5 Å². The summed E-state index contributed by atoms with van der Waals surface area (Å²) < 4.78 is 38.9. The molecule has 0 spiro atoms. The maximum atomic E-state index is 10.9. The summed E-state index contributed by atoms with van der Waals surface area (Å²) in [5, 5.41) is 51.2. The predicted octanol–water partition coefficient (Wildman–Crippen LogP) is -5.34. The van der Waals surface area contributed by atoms with Crippen molar-refractivity contribution in [3.8, 4) is 0 Å². The van der Waals surface area contributed by atoms with Crippen LogP contribution < -0.4 is 17.2 Å². The van der Waals surface area contributed by atoms with E-state index in [1.807, 2.05) is 0 Å². The Morgan fingerprint density at radius 1 is 0.629 bits per heavy atom. The zero-order valence-corrected chi connectivity index (χ0v) is 19.9. The van der Waals surface area contributed by atoms with Gasteiger partial charge in [-0.25, -0.2) is 0 Å². The van der Waals surface area contributed by atoms with Crippen LogP contribution in [0.2, 0.25) is 0 Å². The zero-order valence-electron chi connectivity index (χ0n) is 19.9. The summed E-state index contributed by atoms with van der Waals surface area (Å²) in [4.78, 5) is 0. The molecule has 0 radical (unpaired) electrons. The molecular formula is C20H39N3O12. The highest BCUT2D eigenvalue weighted by Gasteiger charge is 2.51. The van der Waals surface area contributed by atoms with Gasteiger partial charge in [-0.2, -0.15) is 0 Å². The van der Waals surface area contributed by atoms with Gasteiger partial charge in [0.1, 0.15) is 48.8 Å². The molecule has 0 aromatic carbocycles. The van der Waals surface area contributed by atoms with Gasteiger partial charge < -0.3 is 75.9 Å². The summed E-state index contributed by atoms with van der Waals surface area (Å²) in [6, 6.07) is -3.19. The molecule has 11 N–H and O–H groups in total. The standard InChI is InChI=1S/C20H39N3O12/c1-6-15(34-20-11(23)13(27)16(29-2)7(4-24)33-20)12(26)10(22)19(31-6)35-17-8(5-25)32-18(30-3)9(21)14(17)28/h6-20,24-28H,4-5,21-23H2,1-3H3. The quantitative estimate of drug-likeness (QED) is 0.151. The maximum absolute atomic E-state index is 10.9. The van der Waals surface area contributed by atoms with Gasteiger partial charge in [-0.05, 0) is 6.92 Å². The third-order valence-corrected chi connectivity index (χ3v) is 6.74. The van der Waals surface area contributed by atoms with Gasteiger partial charge in [0, 0.05) is 14.2 Å². The van der Waals surface area contributed by atoms with Crippen molar-refractivity contribution in [1.82, 2.24) is 0 Å². The van der Waals surface area contributed by atoms with Crippen LogP contribution in [-0.2, 0) is 33.2 Å².